The van der Waals surface area contributed by atoms with Crippen molar-refractivity contribution >= 4 is 50.9 Å². The summed E-state index contributed by atoms with van der Waals surface area (Å²) in [5.41, 5.74) is 9.94. The lowest BCUT2D eigenvalue weighted by Crippen LogP contribution is -1.98. The number of imidazole rings is 2. The van der Waals surface area contributed by atoms with Gasteiger partial charge in [-0.2, -0.15) is 0 Å². The number of para-hydroxylation sites is 4. The van der Waals surface area contributed by atoms with Crippen molar-refractivity contribution in [1.29, 1.82) is 0 Å². The zero-order chi connectivity index (χ0) is 24.2. The lowest BCUT2D eigenvalue weighted by atomic mass is 10.1. The van der Waals surface area contributed by atoms with Gasteiger partial charge in [0.05, 0.1) is 33.3 Å². The van der Waals surface area contributed by atoms with Gasteiger partial charge in [0.25, 0.3) is 0 Å². The third-order valence-corrected chi connectivity index (χ3v) is 6.94. The van der Waals surface area contributed by atoms with Gasteiger partial charge < -0.3 is 4.57 Å². The molecule has 0 atom stereocenters. The number of benzene rings is 4. The van der Waals surface area contributed by atoms with Crippen LogP contribution in [0.15, 0.2) is 110 Å². The Bertz CT molecular complexity index is 1960. The maximum absolute atomic E-state index is 5.04. The molecular formula is C32H24N4. The van der Waals surface area contributed by atoms with Crippen molar-refractivity contribution in [1.82, 2.24) is 18.5 Å². The molecule has 0 amide bonds. The van der Waals surface area contributed by atoms with Crippen LogP contribution in [0, 0.1) is 0 Å². The highest BCUT2D eigenvalue weighted by atomic mass is 15.2. The van der Waals surface area contributed by atoms with Crippen LogP contribution in [0.3, 0.4) is 0 Å². The van der Waals surface area contributed by atoms with E-state index in [-0.39, 0.29) is 0 Å². The summed E-state index contributed by atoms with van der Waals surface area (Å²) in [5.74, 6) is 0.910. The Morgan fingerprint density at radius 2 is 1.44 bits per heavy atom. The van der Waals surface area contributed by atoms with Crippen LogP contribution in [0.2, 0.25) is 0 Å². The number of allylic oxidation sites excluding steroid dienone is 1. The summed E-state index contributed by atoms with van der Waals surface area (Å²) >= 11 is 0. The van der Waals surface area contributed by atoms with Crippen LogP contribution in [-0.2, 0) is 0 Å². The minimum atomic E-state index is 0.910. The van der Waals surface area contributed by atoms with Crippen molar-refractivity contribution in [2.45, 2.75) is 6.92 Å². The van der Waals surface area contributed by atoms with Gasteiger partial charge in [-0.3, -0.25) is 8.97 Å². The fraction of sp³-hybridized carbons (Fsp3) is 0.0312. The minimum Gasteiger partial charge on any atom is -0.309 e. The highest BCUT2D eigenvalue weighted by molar-refractivity contribution is 5.97. The summed E-state index contributed by atoms with van der Waals surface area (Å²) in [7, 11) is 0. The molecule has 0 unspecified atom stereocenters. The van der Waals surface area contributed by atoms with Gasteiger partial charge in [-0.15, -0.1) is 0 Å². The van der Waals surface area contributed by atoms with Crippen LogP contribution in [0.4, 0.5) is 0 Å². The zero-order valence-electron chi connectivity index (χ0n) is 20.0. The van der Waals surface area contributed by atoms with Crippen molar-refractivity contribution in [3.05, 3.63) is 121 Å². The standard InChI is InChI=1S/C32H24N4/c1-3-12-27-24(4-2)25-15-8-10-17-28(25)34(27)23-19-20-30-31(21-23)36-29-18-11-9-16-26(29)33-32(36)35(30)22-13-6-5-7-14-22/h3-21H,2H2,1H3/b12-3-. The van der Waals surface area contributed by atoms with Gasteiger partial charge in [-0.1, -0.05) is 67.3 Å². The lowest BCUT2D eigenvalue weighted by Gasteiger charge is -2.11. The van der Waals surface area contributed by atoms with Gasteiger partial charge in [0.15, 0.2) is 0 Å². The molecule has 3 heterocycles. The predicted molar refractivity (Wildman–Crippen MR) is 151 cm³/mol. The average molecular weight is 465 g/mol. The first kappa shape index (κ1) is 20.5. The molecule has 0 radical (unpaired) electrons. The summed E-state index contributed by atoms with van der Waals surface area (Å²) in [6, 6.07) is 34.0. The lowest BCUT2D eigenvalue weighted by molar-refractivity contribution is 1.10. The molecule has 7 aromatic rings. The van der Waals surface area contributed by atoms with Gasteiger partial charge in [0.2, 0.25) is 5.78 Å². The first-order chi connectivity index (χ1) is 17.8. The Kier molecular flexibility index (Phi) is 4.48. The fourth-order valence-electron chi connectivity index (χ4n) is 5.46. The van der Waals surface area contributed by atoms with Crippen molar-refractivity contribution in [2.75, 3.05) is 0 Å². The third kappa shape index (κ3) is 2.78. The number of hydrogen-bond acceptors (Lipinski definition) is 1. The number of nitrogens with zero attached hydrogens (tertiary/aromatic N) is 4. The van der Waals surface area contributed by atoms with Gasteiger partial charge in [0, 0.05) is 22.3 Å². The third-order valence-electron chi connectivity index (χ3n) is 6.94. The SMILES string of the molecule is C=Cc1c(/C=C\C)n(-c2ccc3c(c2)n2c4ccccc4nc2n3-c2ccccc2)c2ccccc12. The van der Waals surface area contributed by atoms with Crippen LogP contribution in [0.1, 0.15) is 18.2 Å². The molecular weight excluding hydrogens is 440 g/mol. The first-order valence-electron chi connectivity index (χ1n) is 12.2. The molecule has 7 rings (SSSR count). The van der Waals surface area contributed by atoms with Crippen molar-refractivity contribution < 1.29 is 0 Å². The Balaban J connectivity index is 1.62. The molecule has 0 N–H and O–H groups in total. The van der Waals surface area contributed by atoms with E-state index in [2.05, 4.69) is 124 Å². The molecule has 0 bridgehead atoms. The number of aromatic nitrogens is 4. The maximum atomic E-state index is 5.04. The van der Waals surface area contributed by atoms with Gasteiger partial charge in [-0.25, -0.2) is 4.98 Å². The van der Waals surface area contributed by atoms with E-state index >= 15 is 0 Å². The van der Waals surface area contributed by atoms with E-state index in [0.717, 1.165) is 56.0 Å². The summed E-state index contributed by atoms with van der Waals surface area (Å²) in [6.45, 7) is 6.18. The molecule has 4 aromatic carbocycles. The van der Waals surface area contributed by atoms with E-state index in [1.165, 1.54) is 5.39 Å². The van der Waals surface area contributed by atoms with E-state index in [9.17, 15) is 0 Å². The smallest absolute Gasteiger partial charge is 0.220 e. The topological polar surface area (TPSA) is 27.2 Å². The average Bonchev–Trinajstić information content (AvgIpc) is 3.55. The maximum Gasteiger partial charge on any atom is 0.220 e. The van der Waals surface area contributed by atoms with Crippen LogP contribution in [0.5, 0.6) is 0 Å². The number of rotatable bonds is 4. The number of fused-ring (bicyclic) bond motifs is 6. The van der Waals surface area contributed by atoms with Crippen LogP contribution in [-0.4, -0.2) is 18.5 Å². The Hall–Kier alpha value is -4.83. The predicted octanol–water partition coefficient (Wildman–Crippen LogP) is 8.05. The van der Waals surface area contributed by atoms with Gasteiger partial charge in [-0.05, 0) is 61.5 Å². The molecule has 0 saturated carbocycles. The molecule has 0 fully saturated rings. The Morgan fingerprint density at radius 3 is 2.25 bits per heavy atom. The van der Waals surface area contributed by atoms with E-state index in [0.29, 0.717) is 0 Å². The molecule has 0 spiro atoms. The Labute approximate surface area is 208 Å². The second kappa shape index (κ2) is 7.85. The van der Waals surface area contributed by atoms with E-state index in [4.69, 9.17) is 4.98 Å². The molecule has 3 aromatic heterocycles. The largest absolute Gasteiger partial charge is 0.309 e. The summed E-state index contributed by atoms with van der Waals surface area (Å²) in [5, 5.41) is 1.20. The zero-order valence-corrected chi connectivity index (χ0v) is 20.0. The van der Waals surface area contributed by atoms with Crippen LogP contribution in [0.25, 0.3) is 62.3 Å². The fourth-order valence-corrected chi connectivity index (χ4v) is 5.46. The Morgan fingerprint density at radius 1 is 0.694 bits per heavy atom. The first-order valence-corrected chi connectivity index (χ1v) is 12.2. The molecule has 172 valence electrons. The highest BCUT2D eigenvalue weighted by Gasteiger charge is 2.19. The van der Waals surface area contributed by atoms with Crippen molar-refractivity contribution in [3.63, 3.8) is 0 Å². The monoisotopic (exact) mass is 464 g/mol. The van der Waals surface area contributed by atoms with Crippen LogP contribution < -0.4 is 0 Å². The number of hydrogen-bond donors (Lipinski definition) is 0. The molecule has 4 heteroatoms. The van der Waals surface area contributed by atoms with E-state index < -0.39 is 0 Å². The van der Waals surface area contributed by atoms with Crippen LogP contribution >= 0.6 is 0 Å². The quantitative estimate of drug-likeness (QED) is 0.259. The van der Waals surface area contributed by atoms with Crippen molar-refractivity contribution in [2.24, 2.45) is 0 Å². The second-order valence-electron chi connectivity index (χ2n) is 8.94. The summed E-state index contributed by atoms with van der Waals surface area (Å²) in [4.78, 5) is 5.04. The second-order valence-corrected chi connectivity index (χ2v) is 8.94. The van der Waals surface area contributed by atoms with Gasteiger partial charge in [0.1, 0.15) is 0 Å². The van der Waals surface area contributed by atoms with Crippen molar-refractivity contribution in [3.8, 4) is 11.4 Å². The molecule has 4 nitrogen and oxygen atoms in total. The van der Waals surface area contributed by atoms with E-state index in [1.807, 2.05) is 18.2 Å². The van der Waals surface area contributed by atoms with E-state index in [1.54, 1.807) is 0 Å². The van der Waals surface area contributed by atoms with Gasteiger partial charge >= 0.3 is 0 Å². The highest BCUT2D eigenvalue weighted by Crippen LogP contribution is 2.35. The summed E-state index contributed by atoms with van der Waals surface area (Å²) < 4.78 is 6.85. The summed E-state index contributed by atoms with van der Waals surface area (Å²) in [6.07, 6.45) is 6.21. The molecule has 36 heavy (non-hydrogen) atoms. The molecule has 0 aliphatic carbocycles. The minimum absolute atomic E-state index is 0.910. The normalized spacial score (nSPS) is 12.0. The molecule has 0 saturated heterocycles. The molecule has 0 aliphatic heterocycles. The molecule has 0 aliphatic rings.